The predicted molar refractivity (Wildman–Crippen MR) is 46.0 cm³/mol. The molecule has 0 amide bonds. The van der Waals surface area contributed by atoms with Crippen molar-refractivity contribution in [2.24, 2.45) is 0 Å². The molecular formula is C10H11F. The summed E-state index contributed by atoms with van der Waals surface area (Å²) in [6.07, 6.45) is 1.65. The molecular weight excluding hydrogens is 139 g/mol. The van der Waals surface area contributed by atoms with Crippen LogP contribution in [0.5, 0.6) is 0 Å². The third-order valence-corrected chi connectivity index (χ3v) is 1.86. The van der Waals surface area contributed by atoms with Crippen LogP contribution in [0.15, 0.2) is 18.7 Å². The van der Waals surface area contributed by atoms with Crippen molar-refractivity contribution >= 4 is 6.08 Å². The molecule has 0 atom stereocenters. The lowest BCUT2D eigenvalue weighted by atomic mass is 10.1. The number of rotatable bonds is 1. The van der Waals surface area contributed by atoms with Crippen LogP contribution in [-0.4, -0.2) is 0 Å². The Morgan fingerprint density at radius 2 is 2.00 bits per heavy atom. The molecule has 1 heteroatoms. The van der Waals surface area contributed by atoms with Crippen molar-refractivity contribution in [3.63, 3.8) is 0 Å². The SMILES string of the molecule is C=Cc1cc(C)c(C)c(F)c1. The van der Waals surface area contributed by atoms with E-state index in [1.54, 1.807) is 13.0 Å². The van der Waals surface area contributed by atoms with Gasteiger partial charge in [-0.2, -0.15) is 0 Å². The fourth-order valence-electron chi connectivity index (χ4n) is 0.961. The highest BCUT2D eigenvalue weighted by atomic mass is 19.1. The van der Waals surface area contributed by atoms with Crippen LogP contribution in [0.1, 0.15) is 16.7 Å². The second kappa shape index (κ2) is 2.87. The standard InChI is InChI=1S/C10H11F/c1-4-9-5-7(2)8(3)10(11)6-9/h4-6H,1H2,2-3H3. The molecule has 0 aliphatic carbocycles. The fraction of sp³-hybridized carbons (Fsp3) is 0.200. The van der Waals surface area contributed by atoms with Crippen molar-refractivity contribution in [3.8, 4) is 0 Å². The van der Waals surface area contributed by atoms with Gasteiger partial charge in [0.05, 0.1) is 0 Å². The summed E-state index contributed by atoms with van der Waals surface area (Å²) in [5, 5.41) is 0. The van der Waals surface area contributed by atoms with E-state index in [0.29, 0.717) is 0 Å². The number of aryl methyl sites for hydroxylation is 1. The molecule has 0 saturated heterocycles. The first-order valence-electron chi connectivity index (χ1n) is 3.54. The van der Waals surface area contributed by atoms with Gasteiger partial charge in [0.2, 0.25) is 0 Å². The Bertz CT molecular complexity index is 264. The minimum Gasteiger partial charge on any atom is -0.207 e. The summed E-state index contributed by atoms with van der Waals surface area (Å²) in [6, 6.07) is 3.42. The monoisotopic (exact) mass is 150 g/mol. The molecule has 0 aromatic heterocycles. The van der Waals surface area contributed by atoms with Gasteiger partial charge in [-0.25, -0.2) is 4.39 Å². The predicted octanol–water partition coefficient (Wildman–Crippen LogP) is 3.09. The molecule has 0 unspecified atom stereocenters. The van der Waals surface area contributed by atoms with E-state index in [9.17, 15) is 4.39 Å². The van der Waals surface area contributed by atoms with Crippen molar-refractivity contribution < 1.29 is 4.39 Å². The Morgan fingerprint density at radius 3 is 2.45 bits per heavy atom. The van der Waals surface area contributed by atoms with E-state index >= 15 is 0 Å². The molecule has 11 heavy (non-hydrogen) atoms. The number of benzene rings is 1. The van der Waals surface area contributed by atoms with Crippen LogP contribution in [0.4, 0.5) is 4.39 Å². The second-order valence-corrected chi connectivity index (χ2v) is 2.65. The van der Waals surface area contributed by atoms with Crippen LogP contribution in [0, 0.1) is 19.7 Å². The van der Waals surface area contributed by atoms with E-state index in [1.807, 2.05) is 13.0 Å². The van der Waals surface area contributed by atoms with Crippen molar-refractivity contribution in [1.29, 1.82) is 0 Å². The number of hydrogen-bond acceptors (Lipinski definition) is 0. The molecule has 0 radical (unpaired) electrons. The van der Waals surface area contributed by atoms with E-state index in [0.717, 1.165) is 16.7 Å². The second-order valence-electron chi connectivity index (χ2n) is 2.65. The zero-order valence-electron chi connectivity index (χ0n) is 6.82. The van der Waals surface area contributed by atoms with Gasteiger partial charge in [0.1, 0.15) is 5.82 Å². The van der Waals surface area contributed by atoms with E-state index in [1.165, 1.54) is 6.07 Å². The smallest absolute Gasteiger partial charge is 0.126 e. The third kappa shape index (κ3) is 1.48. The molecule has 1 aromatic rings. The summed E-state index contributed by atoms with van der Waals surface area (Å²) in [6.45, 7) is 7.25. The average Bonchev–Trinajstić information content (AvgIpc) is 1.99. The van der Waals surface area contributed by atoms with E-state index in [2.05, 4.69) is 6.58 Å². The Hall–Kier alpha value is -1.11. The van der Waals surface area contributed by atoms with Gasteiger partial charge in [-0.05, 0) is 36.6 Å². The maximum Gasteiger partial charge on any atom is 0.126 e. The lowest BCUT2D eigenvalue weighted by Crippen LogP contribution is -1.88. The number of hydrogen-bond donors (Lipinski definition) is 0. The zero-order valence-corrected chi connectivity index (χ0v) is 6.82. The largest absolute Gasteiger partial charge is 0.207 e. The Balaban J connectivity index is 3.31. The van der Waals surface area contributed by atoms with Crippen molar-refractivity contribution in [2.45, 2.75) is 13.8 Å². The Labute approximate surface area is 66.4 Å². The highest BCUT2D eigenvalue weighted by molar-refractivity contribution is 5.49. The van der Waals surface area contributed by atoms with Gasteiger partial charge >= 0.3 is 0 Å². The Morgan fingerprint density at radius 1 is 1.36 bits per heavy atom. The topological polar surface area (TPSA) is 0 Å². The van der Waals surface area contributed by atoms with Crippen LogP contribution < -0.4 is 0 Å². The molecule has 0 aliphatic heterocycles. The molecule has 1 rings (SSSR count). The van der Waals surface area contributed by atoms with Crippen LogP contribution in [0.2, 0.25) is 0 Å². The molecule has 0 bridgehead atoms. The first kappa shape index (κ1) is 7.99. The van der Waals surface area contributed by atoms with Gasteiger partial charge in [-0.15, -0.1) is 0 Å². The minimum absolute atomic E-state index is 0.153. The van der Waals surface area contributed by atoms with Crippen LogP contribution in [0.25, 0.3) is 6.08 Å². The van der Waals surface area contributed by atoms with Crippen molar-refractivity contribution in [1.82, 2.24) is 0 Å². The van der Waals surface area contributed by atoms with Crippen LogP contribution in [-0.2, 0) is 0 Å². The maximum atomic E-state index is 13.0. The highest BCUT2D eigenvalue weighted by Crippen LogP contribution is 2.14. The molecule has 0 nitrogen and oxygen atoms in total. The summed E-state index contributed by atoms with van der Waals surface area (Å²) in [4.78, 5) is 0. The lowest BCUT2D eigenvalue weighted by molar-refractivity contribution is 0.616. The summed E-state index contributed by atoms with van der Waals surface area (Å²) in [5.41, 5.74) is 2.53. The fourth-order valence-corrected chi connectivity index (χ4v) is 0.961. The van der Waals surface area contributed by atoms with Crippen LogP contribution in [0.3, 0.4) is 0 Å². The molecule has 1 aromatic carbocycles. The Kier molecular flexibility index (Phi) is 2.08. The average molecular weight is 150 g/mol. The normalized spacial score (nSPS) is 9.73. The molecule has 0 saturated carbocycles. The van der Waals surface area contributed by atoms with Gasteiger partial charge in [-0.1, -0.05) is 18.7 Å². The molecule has 0 spiro atoms. The summed E-state index contributed by atoms with van der Waals surface area (Å²) in [5.74, 6) is -0.153. The third-order valence-electron chi connectivity index (χ3n) is 1.86. The quantitative estimate of drug-likeness (QED) is 0.577. The summed E-state index contributed by atoms with van der Waals surface area (Å²) >= 11 is 0. The molecule has 0 aliphatic rings. The van der Waals surface area contributed by atoms with Gasteiger partial charge in [0.15, 0.2) is 0 Å². The maximum absolute atomic E-state index is 13.0. The van der Waals surface area contributed by atoms with E-state index < -0.39 is 0 Å². The highest BCUT2D eigenvalue weighted by Gasteiger charge is 2.00. The van der Waals surface area contributed by atoms with Crippen LogP contribution >= 0.6 is 0 Å². The van der Waals surface area contributed by atoms with E-state index in [4.69, 9.17) is 0 Å². The first-order chi connectivity index (χ1) is 5.15. The van der Waals surface area contributed by atoms with Crippen molar-refractivity contribution in [3.05, 3.63) is 41.2 Å². The summed E-state index contributed by atoms with van der Waals surface area (Å²) in [7, 11) is 0. The van der Waals surface area contributed by atoms with Gasteiger partial charge in [-0.3, -0.25) is 0 Å². The summed E-state index contributed by atoms with van der Waals surface area (Å²) < 4.78 is 13.0. The zero-order chi connectivity index (χ0) is 8.43. The first-order valence-corrected chi connectivity index (χ1v) is 3.54. The molecule has 0 fully saturated rings. The van der Waals surface area contributed by atoms with Gasteiger partial charge in [0, 0.05) is 0 Å². The number of halogens is 1. The lowest BCUT2D eigenvalue weighted by Gasteiger charge is -2.02. The molecule has 0 heterocycles. The van der Waals surface area contributed by atoms with Gasteiger partial charge in [0.25, 0.3) is 0 Å². The van der Waals surface area contributed by atoms with Crippen molar-refractivity contribution in [2.75, 3.05) is 0 Å². The van der Waals surface area contributed by atoms with Gasteiger partial charge < -0.3 is 0 Å². The minimum atomic E-state index is -0.153. The molecule has 58 valence electrons. The molecule has 0 N–H and O–H groups in total. The van der Waals surface area contributed by atoms with E-state index in [-0.39, 0.29) is 5.82 Å².